The lowest BCUT2D eigenvalue weighted by Crippen LogP contribution is -2.07. The molecule has 0 aromatic heterocycles. The molecule has 0 aliphatic rings. The van der Waals surface area contributed by atoms with Gasteiger partial charge < -0.3 is 9.46 Å². The van der Waals surface area contributed by atoms with Crippen LogP contribution in [-0.4, -0.2) is 16.2 Å². The number of hydrogen-bond donors (Lipinski definition) is 1. The van der Waals surface area contributed by atoms with Gasteiger partial charge in [-0.15, -0.1) is 0 Å². The molecule has 3 aromatic carbocycles. The predicted molar refractivity (Wildman–Crippen MR) is 102 cm³/mol. The highest BCUT2D eigenvalue weighted by Crippen LogP contribution is 2.28. The molecule has 0 spiro atoms. The third kappa shape index (κ3) is 3.89. The molecule has 1 N–H and O–H groups in total. The Labute approximate surface area is 153 Å². The molecule has 0 aliphatic carbocycles. The molecular weight excluding hydrogens is 352 g/mol. The van der Waals surface area contributed by atoms with E-state index >= 15 is 0 Å². The molecule has 0 bridgehead atoms. The molecule has 0 fully saturated rings. The standard InChI is InChI=1S/C19H16N2O4S/c1-25-18-12-11-17(21(22)23)13-19(18)26(24)20-16-9-7-15(8-10-16)14-5-3-2-4-6-14/h2-13,20H,1H3. The molecular formula is C19H16N2O4S. The first-order valence-corrected chi connectivity index (χ1v) is 8.90. The minimum atomic E-state index is -1.70. The Balaban J connectivity index is 1.82. The van der Waals surface area contributed by atoms with Crippen molar-refractivity contribution in [1.29, 1.82) is 0 Å². The Bertz CT molecular complexity index is 944. The molecule has 3 aromatic rings. The van der Waals surface area contributed by atoms with E-state index in [-0.39, 0.29) is 10.6 Å². The number of anilines is 1. The Morgan fingerprint density at radius 3 is 2.23 bits per heavy atom. The minimum Gasteiger partial charge on any atom is -0.495 e. The van der Waals surface area contributed by atoms with Gasteiger partial charge in [0.25, 0.3) is 5.69 Å². The third-order valence-corrected chi connectivity index (χ3v) is 4.90. The van der Waals surface area contributed by atoms with Gasteiger partial charge in [-0.1, -0.05) is 42.5 Å². The van der Waals surface area contributed by atoms with Crippen LogP contribution >= 0.6 is 0 Å². The Morgan fingerprint density at radius 2 is 1.62 bits per heavy atom. The van der Waals surface area contributed by atoms with Crippen LogP contribution in [0, 0.1) is 10.1 Å². The van der Waals surface area contributed by atoms with Crippen LogP contribution in [0.4, 0.5) is 11.4 Å². The number of ether oxygens (including phenoxy) is 1. The number of hydrogen-bond acceptors (Lipinski definition) is 4. The number of nitrogens with zero attached hydrogens (tertiary/aromatic N) is 1. The van der Waals surface area contributed by atoms with Crippen LogP contribution in [-0.2, 0) is 11.0 Å². The van der Waals surface area contributed by atoms with Gasteiger partial charge in [0.1, 0.15) is 10.6 Å². The molecule has 0 saturated carbocycles. The molecule has 0 radical (unpaired) electrons. The number of benzene rings is 3. The van der Waals surface area contributed by atoms with Crippen LogP contribution in [0.1, 0.15) is 0 Å². The summed E-state index contributed by atoms with van der Waals surface area (Å²) in [5.74, 6) is 0.322. The van der Waals surface area contributed by atoms with E-state index in [4.69, 9.17) is 4.74 Å². The van der Waals surface area contributed by atoms with Gasteiger partial charge >= 0.3 is 0 Å². The second kappa shape index (κ2) is 7.79. The van der Waals surface area contributed by atoms with Gasteiger partial charge in [-0.05, 0) is 29.3 Å². The predicted octanol–water partition coefficient (Wildman–Crippen LogP) is 4.41. The van der Waals surface area contributed by atoms with Crippen molar-refractivity contribution in [3.05, 3.63) is 82.9 Å². The summed E-state index contributed by atoms with van der Waals surface area (Å²) in [7, 11) is -0.276. The molecule has 1 atom stereocenters. The van der Waals surface area contributed by atoms with E-state index < -0.39 is 15.9 Å². The molecule has 7 heteroatoms. The summed E-state index contributed by atoms with van der Waals surface area (Å²) in [4.78, 5) is 10.6. The van der Waals surface area contributed by atoms with E-state index in [0.29, 0.717) is 11.4 Å². The monoisotopic (exact) mass is 368 g/mol. The highest BCUT2D eigenvalue weighted by molar-refractivity contribution is 7.86. The maximum absolute atomic E-state index is 12.6. The molecule has 6 nitrogen and oxygen atoms in total. The summed E-state index contributed by atoms with van der Waals surface area (Å²) in [6, 6.07) is 21.3. The molecule has 0 saturated heterocycles. The van der Waals surface area contributed by atoms with E-state index in [1.165, 1.54) is 25.3 Å². The van der Waals surface area contributed by atoms with E-state index in [1.807, 2.05) is 54.6 Å². The van der Waals surface area contributed by atoms with Crippen molar-refractivity contribution in [3.63, 3.8) is 0 Å². The van der Waals surface area contributed by atoms with Crippen molar-refractivity contribution in [2.45, 2.75) is 4.90 Å². The van der Waals surface area contributed by atoms with Crippen LogP contribution < -0.4 is 9.46 Å². The number of nitro groups is 1. The zero-order valence-corrected chi connectivity index (χ0v) is 14.7. The Hall–Kier alpha value is -3.19. The average molecular weight is 368 g/mol. The Morgan fingerprint density at radius 1 is 0.962 bits per heavy atom. The summed E-state index contributed by atoms with van der Waals surface area (Å²) in [6.45, 7) is 0. The van der Waals surface area contributed by atoms with Gasteiger partial charge in [-0.3, -0.25) is 10.1 Å². The second-order valence-corrected chi connectivity index (χ2v) is 6.59. The van der Waals surface area contributed by atoms with Gasteiger partial charge in [0, 0.05) is 17.8 Å². The molecule has 0 aliphatic heterocycles. The zero-order chi connectivity index (χ0) is 18.5. The average Bonchev–Trinajstić information content (AvgIpc) is 2.68. The molecule has 26 heavy (non-hydrogen) atoms. The molecule has 3 rings (SSSR count). The van der Waals surface area contributed by atoms with Crippen LogP contribution in [0.2, 0.25) is 0 Å². The van der Waals surface area contributed by atoms with Gasteiger partial charge in [-0.25, -0.2) is 4.21 Å². The molecule has 132 valence electrons. The largest absolute Gasteiger partial charge is 0.495 e. The number of rotatable bonds is 6. The highest BCUT2D eigenvalue weighted by atomic mass is 32.2. The molecule has 0 amide bonds. The van der Waals surface area contributed by atoms with Gasteiger partial charge in [-0.2, -0.15) is 0 Å². The van der Waals surface area contributed by atoms with Crippen molar-refractivity contribution in [2.75, 3.05) is 11.8 Å². The summed E-state index contributed by atoms with van der Waals surface area (Å²) in [5.41, 5.74) is 2.61. The lowest BCUT2D eigenvalue weighted by molar-refractivity contribution is -0.385. The van der Waals surface area contributed by atoms with E-state index in [9.17, 15) is 14.3 Å². The first-order valence-electron chi connectivity index (χ1n) is 7.75. The minimum absolute atomic E-state index is 0.143. The van der Waals surface area contributed by atoms with Crippen molar-refractivity contribution < 1.29 is 13.9 Å². The fraction of sp³-hybridized carbons (Fsp3) is 0.0526. The summed E-state index contributed by atoms with van der Waals surface area (Å²) >= 11 is 0. The summed E-state index contributed by atoms with van der Waals surface area (Å²) in [6.07, 6.45) is 0. The SMILES string of the molecule is COc1ccc([N+](=O)[O-])cc1S(=O)Nc1ccc(-c2ccccc2)cc1. The highest BCUT2D eigenvalue weighted by Gasteiger charge is 2.16. The van der Waals surface area contributed by atoms with Crippen LogP contribution in [0.5, 0.6) is 5.75 Å². The van der Waals surface area contributed by atoms with E-state index in [1.54, 1.807) is 0 Å². The van der Waals surface area contributed by atoms with E-state index in [2.05, 4.69) is 4.72 Å². The summed E-state index contributed by atoms with van der Waals surface area (Å²) in [5, 5.41) is 11.0. The lowest BCUT2D eigenvalue weighted by atomic mass is 10.1. The smallest absolute Gasteiger partial charge is 0.270 e. The van der Waals surface area contributed by atoms with E-state index in [0.717, 1.165) is 11.1 Å². The summed E-state index contributed by atoms with van der Waals surface area (Å²) < 4.78 is 20.6. The number of nitrogens with one attached hydrogen (secondary N) is 1. The fourth-order valence-electron chi connectivity index (χ4n) is 2.45. The molecule has 1 unspecified atom stereocenters. The number of nitro benzene ring substituents is 1. The van der Waals surface area contributed by atoms with Crippen LogP contribution in [0.15, 0.2) is 77.7 Å². The van der Waals surface area contributed by atoms with Gasteiger partial charge in [0.2, 0.25) is 0 Å². The Kier molecular flexibility index (Phi) is 5.28. The third-order valence-electron chi connectivity index (χ3n) is 3.76. The van der Waals surface area contributed by atoms with Crippen molar-refractivity contribution >= 4 is 22.4 Å². The van der Waals surface area contributed by atoms with Gasteiger partial charge in [0.05, 0.1) is 12.0 Å². The van der Waals surface area contributed by atoms with Crippen molar-refractivity contribution in [3.8, 4) is 16.9 Å². The second-order valence-electron chi connectivity index (χ2n) is 5.41. The topological polar surface area (TPSA) is 81.5 Å². The maximum Gasteiger partial charge on any atom is 0.270 e. The van der Waals surface area contributed by atoms with Gasteiger partial charge in [0.15, 0.2) is 11.0 Å². The first kappa shape index (κ1) is 17.6. The maximum atomic E-state index is 12.6. The van der Waals surface area contributed by atoms with Crippen LogP contribution in [0.25, 0.3) is 11.1 Å². The number of methoxy groups -OCH3 is 1. The van der Waals surface area contributed by atoms with Crippen molar-refractivity contribution in [2.24, 2.45) is 0 Å². The van der Waals surface area contributed by atoms with Crippen LogP contribution in [0.3, 0.4) is 0 Å². The zero-order valence-electron chi connectivity index (χ0n) is 13.9. The molecule has 0 heterocycles. The first-order chi connectivity index (χ1) is 12.6. The fourth-order valence-corrected chi connectivity index (χ4v) is 3.47. The normalized spacial score (nSPS) is 11.6. The van der Waals surface area contributed by atoms with Crippen molar-refractivity contribution in [1.82, 2.24) is 0 Å². The quantitative estimate of drug-likeness (QED) is 0.516. The number of non-ortho nitro benzene ring substituents is 1. The lowest BCUT2D eigenvalue weighted by Gasteiger charge is -2.10.